The van der Waals surface area contributed by atoms with Crippen LogP contribution in [0.4, 0.5) is 0 Å². The Bertz CT molecular complexity index is 382. The van der Waals surface area contributed by atoms with E-state index in [1.807, 2.05) is 23.6 Å². The number of pyridine rings is 1. The Balaban J connectivity index is 2.99. The molecule has 0 spiro atoms. The third-order valence-electron chi connectivity index (χ3n) is 2.55. The molecule has 1 heterocycles. The second-order valence-electron chi connectivity index (χ2n) is 4.27. The quantitative estimate of drug-likeness (QED) is 0.725. The molecule has 0 aliphatic carbocycles. The van der Waals surface area contributed by atoms with Gasteiger partial charge < -0.3 is 4.57 Å². The molecule has 0 bridgehead atoms. The van der Waals surface area contributed by atoms with Crippen LogP contribution in [-0.4, -0.2) is 4.57 Å². The number of halogens is 1. The van der Waals surface area contributed by atoms with Gasteiger partial charge in [0.25, 0.3) is 5.56 Å². The van der Waals surface area contributed by atoms with Gasteiger partial charge in [-0.15, -0.1) is 11.6 Å². The normalized spacial score (nSPS) is 11.0. The first-order valence-corrected chi connectivity index (χ1v) is 5.85. The van der Waals surface area contributed by atoms with Crippen molar-refractivity contribution in [2.24, 2.45) is 5.92 Å². The average Bonchev–Trinajstić information content (AvgIpc) is 2.17. The molecule has 1 aromatic heterocycles. The monoisotopic (exact) mass is 227 g/mol. The summed E-state index contributed by atoms with van der Waals surface area (Å²) >= 11 is 5.71. The fourth-order valence-corrected chi connectivity index (χ4v) is 1.69. The number of hydrogen-bond acceptors (Lipinski definition) is 1. The zero-order chi connectivity index (χ0) is 11.4. The molecule has 2 nitrogen and oxygen atoms in total. The van der Waals surface area contributed by atoms with Gasteiger partial charge in [0.2, 0.25) is 0 Å². The molecule has 84 valence electrons. The summed E-state index contributed by atoms with van der Waals surface area (Å²) in [5.74, 6) is 0.900. The number of rotatable bonds is 4. The summed E-state index contributed by atoms with van der Waals surface area (Å²) in [6.45, 7) is 7.06. The smallest absolute Gasteiger partial charge is 0.255 e. The SMILES string of the molecule is Cc1ccc(CCl)c(=O)n1CCC(C)C. The van der Waals surface area contributed by atoms with Gasteiger partial charge in [0.05, 0.1) is 5.88 Å². The molecular formula is C12H18ClNO. The Morgan fingerprint density at radius 3 is 2.60 bits per heavy atom. The Hall–Kier alpha value is -0.760. The fourth-order valence-electron chi connectivity index (χ4n) is 1.48. The van der Waals surface area contributed by atoms with Crippen molar-refractivity contribution in [1.29, 1.82) is 0 Å². The van der Waals surface area contributed by atoms with Crippen LogP contribution >= 0.6 is 11.6 Å². The highest BCUT2D eigenvalue weighted by Gasteiger charge is 2.05. The van der Waals surface area contributed by atoms with Crippen LogP contribution in [0.1, 0.15) is 31.5 Å². The van der Waals surface area contributed by atoms with E-state index in [4.69, 9.17) is 11.6 Å². The van der Waals surface area contributed by atoms with E-state index in [0.717, 1.165) is 18.7 Å². The first kappa shape index (κ1) is 12.3. The summed E-state index contributed by atoms with van der Waals surface area (Å²) in [7, 11) is 0. The van der Waals surface area contributed by atoms with E-state index < -0.39 is 0 Å². The van der Waals surface area contributed by atoms with Crippen LogP contribution < -0.4 is 5.56 Å². The Kier molecular flexibility index (Phi) is 4.40. The topological polar surface area (TPSA) is 22.0 Å². The Morgan fingerprint density at radius 2 is 2.07 bits per heavy atom. The highest BCUT2D eigenvalue weighted by molar-refractivity contribution is 6.17. The minimum Gasteiger partial charge on any atom is -0.313 e. The van der Waals surface area contributed by atoms with Crippen molar-refractivity contribution in [3.63, 3.8) is 0 Å². The first-order chi connectivity index (χ1) is 7.06. The van der Waals surface area contributed by atoms with Gasteiger partial charge in [-0.25, -0.2) is 0 Å². The predicted molar refractivity (Wildman–Crippen MR) is 64.5 cm³/mol. The second kappa shape index (κ2) is 5.36. The maximum absolute atomic E-state index is 11.9. The van der Waals surface area contributed by atoms with E-state index in [9.17, 15) is 4.79 Å². The van der Waals surface area contributed by atoms with Crippen LogP contribution in [0.15, 0.2) is 16.9 Å². The minimum atomic E-state index is 0.0608. The van der Waals surface area contributed by atoms with Crippen LogP contribution in [0.3, 0.4) is 0 Å². The van der Waals surface area contributed by atoms with E-state index in [2.05, 4.69) is 13.8 Å². The molecule has 1 aromatic rings. The molecule has 15 heavy (non-hydrogen) atoms. The molecule has 0 unspecified atom stereocenters. The van der Waals surface area contributed by atoms with Crippen molar-refractivity contribution in [3.8, 4) is 0 Å². The standard InChI is InChI=1S/C12H18ClNO/c1-9(2)6-7-14-10(3)4-5-11(8-13)12(14)15/h4-5,9H,6-8H2,1-3H3. The summed E-state index contributed by atoms with van der Waals surface area (Å²) < 4.78 is 1.82. The Labute approximate surface area is 95.9 Å². The molecule has 0 aromatic carbocycles. The van der Waals surface area contributed by atoms with Crippen molar-refractivity contribution in [2.75, 3.05) is 0 Å². The van der Waals surface area contributed by atoms with Crippen molar-refractivity contribution in [1.82, 2.24) is 4.57 Å². The molecule has 3 heteroatoms. The third kappa shape index (κ3) is 3.10. The molecule has 0 aliphatic heterocycles. The van der Waals surface area contributed by atoms with Crippen molar-refractivity contribution in [3.05, 3.63) is 33.7 Å². The van der Waals surface area contributed by atoms with Gasteiger partial charge in [0.15, 0.2) is 0 Å². The van der Waals surface area contributed by atoms with Gasteiger partial charge in [0.1, 0.15) is 0 Å². The van der Waals surface area contributed by atoms with Gasteiger partial charge in [-0.2, -0.15) is 0 Å². The molecule has 1 rings (SSSR count). The van der Waals surface area contributed by atoms with Crippen molar-refractivity contribution >= 4 is 11.6 Å². The van der Waals surface area contributed by atoms with Crippen LogP contribution in [-0.2, 0) is 12.4 Å². The summed E-state index contributed by atoms with van der Waals surface area (Å²) in [5, 5.41) is 0. The van der Waals surface area contributed by atoms with Gasteiger partial charge in [-0.3, -0.25) is 4.79 Å². The number of alkyl halides is 1. The highest BCUT2D eigenvalue weighted by Crippen LogP contribution is 2.05. The molecule has 0 fully saturated rings. The summed E-state index contributed by atoms with van der Waals surface area (Å²) in [4.78, 5) is 11.9. The lowest BCUT2D eigenvalue weighted by molar-refractivity contribution is 0.500. The van der Waals surface area contributed by atoms with Gasteiger partial charge in [-0.1, -0.05) is 19.9 Å². The molecule has 0 atom stereocenters. The van der Waals surface area contributed by atoms with E-state index in [1.165, 1.54) is 0 Å². The summed E-state index contributed by atoms with van der Waals surface area (Å²) in [6, 6.07) is 3.77. The van der Waals surface area contributed by atoms with Crippen molar-refractivity contribution in [2.45, 2.75) is 39.6 Å². The fraction of sp³-hybridized carbons (Fsp3) is 0.583. The summed E-state index contributed by atoms with van der Waals surface area (Å²) in [5.41, 5.74) is 1.76. The van der Waals surface area contributed by atoms with E-state index in [0.29, 0.717) is 17.4 Å². The molecular weight excluding hydrogens is 210 g/mol. The molecule has 0 aliphatic rings. The zero-order valence-corrected chi connectivity index (χ0v) is 10.3. The molecule has 0 amide bonds. The zero-order valence-electron chi connectivity index (χ0n) is 9.59. The third-order valence-corrected chi connectivity index (χ3v) is 2.83. The van der Waals surface area contributed by atoms with Crippen LogP contribution in [0.2, 0.25) is 0 Å². The molecule has 0 radical (unpaired) electrons. The molecule has 0 N–H and O–H groups in total. The van der Waals surface area contributed by atoms with Gasteiger partial charge in [-0.05, 0) is 25.3 Å². The van der Waals surface area contributed by atoms with Crippen LogP contribution in [0.25, 0.3) is 0 Å². The Morgan fingerprint density at radius 1 is 1.40 bits per heavy atom. The van der Waals surface area contributed by atoms with E-state index >= 15 is 0 Å². The van der Waals surface area contributed by atoms with Crippen LogP contribution in [0, 0.1) is 12.8 Å². The maximum Gasteiger partial charge on any atom is 0.255 e. The number of nitrogens with zero attached hydrogens (tertiary/aromatic N) is 1. The number of hydrogen-bond donors (Lipinski definition) is 0. The second-order valence-corrected chi connectivity index (χ2v) is 4.54. The van der Waals surface area contributed by atoms with E-state index in [1.54, 1.807) is 0 Å². The predicted octanol–water partition coefficient (Wildman–Crippen LogP) is 2.94. The highest BCUT2D eigenvalue weighted by atomic mass is 35.5. The lowest BCUT2D eigenvalue weighted by Gasteiger charge is -2.12. The number of aromatic nitrogens is 1. The van der Waals surface area contributed by atoms with Gasteiger partial charge in [0, 0.05) is 17.8 Å². The average molecular weight is 228 g/mol. The lowest BCUT2D eigenvalue weighted by Crippen LogP contribution is -2.25. The molecule has 0 saturated heterocycles. The van der Waals surface area contributed by atoms with Crippen molar-refractivity contribution < 1.29 is 0 Å². The largest absolute Gasteiger partial charge is 0.313 e. The first-order valence-electron chi connectivity index (χ1n) is 5.31. The van der Waals surface area contributed by atoms with Crippen LogP contribution in [0.5, 0.6) is 0 Å². The lowest BCUT2D eigenvalue weighted by atomic mass is 10.1. The number of aryl methyl sites for hydroxylation is 1. The molecule has 0 saturated carbocycles. The summed E-state index contributed by atoms with van der Waals surface area (Å²) in [6.07, 6.45) is 1.02. The maximum atomic E-state index is 11.9. The minimum absolute atomic E-state index is 0.0608. The van der Waals surface area contributed by atoms with E-state index in [-0.39, 0.29) is 5.56 Å². The van der Waals surface area contributed by atoms with Gasteiger partial charge >= 0.3 is 0 Å².